The summed E-state index contributed by atoms with van der Waals surface area (Å²) in [6.07, 6.45) is 0. The van der Waals surface area contributed by atoms with Gasteiger partial charge in [-0.2, -0.15) is 0 Å². The fourth-order valence-corrected chi connectivity index (χ4v) is 2.23. The first-order chi connectivity index (χ1) is 9.08. The van der Waals surface area contributed by atoms with Crippen LogP contribution in [-0.2, 0) is 4.79 Å². The second-order valence-electron chi connectivity index (χ2n) is 3.61. The first-order valence-corrected chi connectivity index (χ1v) is 6.21. The molecule has 0 bridgehead atoms. The molecule has 6 nitrogen and oxygen atoms in total. The third kappa shape index (κ3) is 3.38. The summed E-state index contributed by atoms with van der Waals surface area (Å²) in [5, 5.41) is 7.57. The number of benzene rings is 1. The zero-order valence-electron chi connectivity index (χ0n) is 9.99. The normalized spacial score (nSPS) is 10.2. The molecule has 3 amide bonds. The van der Waals surface area contributed by atoms with E-state index in [-0.39, 0.29) is 18.3 Å². The number of hydrogen-bond acceptors (Lipinski definition) is 4. The lowest BCUT2D eigenvalue weighted by molar-refractivity contribution is -0.119. The smallest absolute Gasteiger partial charge is 0.321 e. The number of aromatic nitrogens is 1. The van der Waals surface area contributed by atoms with Gasteiger partial charge < -0.3 is 10.6 Å². The third-order valence-corrected chi connectivity index (χ3v) is 3.19. The van der Waals surface area contributed by atoms with Gasteiger partial charge in [0.1, 0.15) is 5.82 Å². The van der Waals surface area contributed by atoms with E-state index in [2.05, 4.69) is 20.9 Å². The van der Waals surface area contributed by atoms with Crippen LogP contribution in [0.1, 0.15) is 0 Å². The highest BCUT2D eigenvalue weighted by atomic mass is 32.1. The molecule has 1 heterocycles. The fourth-order valence-electron chi connectivity index (χ4n) is 1.34. The number of anilines is 1. The Balaban J connectivity index is 2.01. The van der Waals surface area contributed by atoms with Crippen LogP contribution in [-0.4, -0.2) is 30.5 Å². The minimum atomic E-state index is -0.539. The number of urea groups is 1. The topological polar surface area (TPSA) is 83.1 Å². The Bertz CT molecular complexity index is 628. The Kier molecular flexibility index (Phi) is 3.91. The van der Waals surface area contributed by atoms with E-state index in [0.29, 0.717) is 15.3 Å². The van der Waals surface area contributed by atoms with Crippen LogP contribution in [0.3, 0.4) is 0 Å². The Morgan fingerprint density at radius 2 is 2.21 bits per heavy atom. The quantitative estimate of drug-likeness (QED) is 0.793. The summed E-state index contributed by atoms with van der Waals surface area (Å²) >= 11 is 1.16. The Hall–Kier alpha value is -2.22. The van der Waals surface area contributed by atoms with Crippen LogP contribution in [0.15, 0.2) is 18.2 Å². The van der Waals surface area contributed by atoms with E-state index in [1.807, 2.05) is 0 Å². The largest absolute Gasteiger partial charge is 0.358 e. The molecule has 0 aliphatic heterocycles. The molecule has 8 heteroatoms. The van der Waals surface area contributed by atoms with Crippen molar-refractivity contribution in [1.82, 2.24) is 15.6 Å². The van der Waals surface area contributed by atoms with E-state index in [0.717, 1.165) is 11.3 Å². The van der Waals surface area contributed by atoms with Crippen molar-refractivity contribution in [3.05, 3.63) is 24.0 Å². The van der Waals surface area contributed by atoms with Gasteiger partial charge in [-0.3, -0.25) is 10.1 Å². The molecule has 0 saturated heterocycles. The summed E-state index contributed by atoms with van der Waals surface area (Å²) < 4.78 is 13.6. The number of hydrogen-bond donors (Lipinski definition) is 3. The summed E-state index contributed by atoms with van der Waals surface area (Å²) in [5.74, 6) is -0.659. The van der Waals surface area contributed by atoms with E-state index in [9.17, 15) is 14.0 Å². The second-order valence-corrected chi connectivity index (χ2v) is 4.64. The molecule has 0 aliphatic rings. The van der Waals surface area contributed by atoms with Gasteiger partial charge in [0.05, 0.1) is 16.8 Å². The monoisotopic (exact) mass is 282 g/mol. The predicted octanol–water partition coefficient (Wildman–Crippen LogP) is 1.30. The number of amides is 3. The molecule has 100 valence electrons. The van der Waals surface area contributed by atoms with Crippen molar-refractivity contribution in [2.24, 2.45) is 0 Å². The number of nitrogens with zero attached hydrogens (tertiary/aromatic N) is 1. The van der Waals surface area contributed by atoms with Crippen molar-refractivity contribution < 1.29 is 14.0 Å². The minimum absolute atomic E-state index is 0.123. The Morgan fingerprint density at radius 3 is 2.95 bits per heavy atom. The first-order valence-electron chi connectivity index (χ1n) is 5.40. The van der Waals surface area contributed by atoms with Crippen molar-refractivity contribution >= 4 is 38.6 Å². The van der Waals surface area contributed by atoms with Crippen molar-refractivity contribution in [3.63, 3.8) is 0 Å². The van der Waals surface area contributed by atoms with Crippen LogP contribution in [0, 0.1) is 5.82 Å². The maximum Gasteiger partial charge on any atom is 0.321 e. The lowest BCUT2D eigenvalue weighted by Gasteiger charge is -2.03. The fraction of sp³-hybridized carbons (Fsp3) is 0.182. The number of halogens is 1. The zero-order valence-corrected chi connectivity index (χ0v) is 10.8. The van der Waals surface area contributed by atoms with Crippen LogP contribution in [0.2, 0.25) is 0 Å². The van der Waals surface area contributed by atoms with Gasteiger partial charge in [-0.25, -0.2) is 14.2 Å². The molecular formula is C11H11FN4O2S. The molecule has 0 unspecified atom stereocenters. The average molecular weight is 282 g/mol. The number of fused-ring (bicyclic) bond motifs is 1. The number of thiazole rings is 1. The molecule has 0 fully saturated rings. The standard InChI is InChI=1S/C11H11FN4O2S/c1-13-9(17)5-14-10(18)16-11-15-7-3-2-6(12)4-8(7)19-11/h2-4H,5H2,1H3,(H,13,17)(H2,14,15,16,18). The molecule has 1 aromatic carbocycles. The Labute approximate surface area is 112 Å². The highest BCUT2D eigenvalue weighted by Crippen LogP contribution is 2.26. The van der Waals surface area contributed by atoms with E-state index in [4.69, 9.17) is 0 Å². The van der Waals surface area contributed by atoms with Crippen molar-refractivity contribution in [2.75, 3.05) is 18.9 Å². The van der Waals surface area contributed by atoms with E-state index < -0.39 is 6.03 Å². The number of carbonyl (C=O) groups is 2. The van der Waals surface area contributed by atoms with Crippen LogP contribution in [0.25, 0.3) is 10.2 Å². The third-order valence-electron chi connectivity index (χ3n) is 2.26. The summed E-state index contributed by atoms with van der Waals surface area (Å²) in [6.45, 7) is -0.123. The SMILES string of the molecule is CNC(=O)CNC(=O)Nc1nc2ccc(F)cc2s1. The predicted molar refractivity (Wildman–Crippen MR) is 70.7 cm³/mol. The minimum Gasteiger partial charge on any atom is -0.358 e. The highest BCUT2D eigenvalue weighted by molar-refractivity contribution is 7.22. The van der Waals surface area contributed by atoms with E-state index >= 15 is 0 Å². The van der Waals surface area contributed by atoms with Gasteiger partial charge >= 0.3 is 6.03 Å². The van der Waals surface area contributed by atoms with Gasteiger partial charge in [0, 0.05) is 7.05 Å². The molecule has 2 aromatic rings. The van der Waals surface area contributed by atoms with Crippen molar-refractivity contribution in [3.8, 4) is 0 Å². The molecule has 19 heavy (non-hydrogen) atoms. The van der Waals surface area contributed by atoms with Crippen LogP contribution >= 0.6 is 11.3 Å². The van der Waals surface area contributed by atoms with Gasteiger partial charge in [-0.05, 0) is 18.2 Å². The maximum absolute atomic E-state index is 13.0. The molecule has 0 aliphatic carbocycles. The first kappa shape index (κ1) is 13.2. The summed E-state index contributed by atoms with van der Waals surface area (Å²) in [4.78, 5) is 26.5. The van der Waals surface area contributed by atoms with Gasteiger partial charge in [0.15, 0.2) is 5.13 Å². The van der Waals surface area contributed by atoms with E-state index in [1.165, 1.54) is 25.2 Å². The average Bonchev–Trinajstić information content (AvgIpc) is 2.77. The molecule has 0 atom stereocenters. The number of nitrogens with one attached hydrogen (secondary N) is 3. The van der Waals surface area contributed by atoms with Crippen molar-refractivity contribution in [2.45, 2.75) is 0 Å². The molecule has 0 spiro atoms. The molecule has 2 rings (SSSR count). The number of carbonyl (C=O) groups excluding carboxylic acids is 2. The lowest BCUT2D eigenvalue weighted by atomic mass is 10.3. The summed E-state index contributed by atoms with van der Waals surface area (Å²) in [6, 6.07) is 3.65. The van der Waals surface area contributed by atoms with Gasteiger partial charge in [0.25, 0.3) is 0 Å². The number of likely N-dealkylation sites (N-methyl/N-ethyl adjacent to an activating group) is 1. The molecule has 0 radical (unpaired) electrons. The van der Waals surface area contributed by atoms with Gasteiger partial charge in [0.2, 0.25) is 5.91 Å². The number of rotatable bonds is 3. The maximum atomic E-state index is 13.0. The molecular weight excluding hydrogens is 271 g/mol. The van der Waals surface area contributed by atoms with Gasteiger partial charge in [-0.15, -0.1) is 0 Å². The molecule has 1 aromatic heterocycles. The van der Waals surface area contributed by atoms with Crippen LogP contribution < -0.4 is 16.0 Å². The van der Waals surface area contributed by atoms with Crippen LogP contribution in [0.5, 0.6) is 0 Å². The van der Waals surface area contributed by atoms with E-state index in [1.54, 1.807) is 0 Å². The van der Waals surface area contributed by atoms with Crippen LogP contribution in [0.4, 0.5) is 14.3 Å². The highest BCUT2D eigenvalue weighted by Gasteiger charge is 2.09. The summed E-state index contributed by atoms with van der Waals surface area (Å²) in [5.41, 5.74) is 0.605. The molecule has 3 N–H and O–H groups in total. The molecule has 0 saturated carbocycles. The van der Waals surface area contributed by atoms with Crippen molar-refractivity contribution in [1.29, 1.82) is 0 Å². The Morgan fingerprint density at radius 1 is 1.42 bits per heavy atom. The zero-order chi connectivity index (χ0) is 13.8. The lowest BCUT2D eigenvalue weighted by Crippen LogP contribution is -2.37. The second kappa shape index (κ2) is 5.61. The summed E-state index contributed by atoms with van der Waals surface area (Å²) in [7, 11) is 1.48. The van der Waals surface area contributed by atoms with Gasteiger partial charge in [-0.1, -0.05) is 11.3 Å².